The molecule has 8 heteroatoms. The van der Waals surface area contributed by atoms with Crippen molar-refractivity contribution in [3.8, 4) is 0 Å². The summed E-state index contributed by atoms with van der Waals surface area (Å²) in [5.74, 6) is 0.262. The second-order valence-electron chi connectivity index (χ2n) is 3.70. The third-order valence-corrected chi connectivity index (χ3v) is 5.21. The molecule has 2 N–H and O–H groups in total. The molecule has 0 aliphatic rings. The molecule has 0 radical (unpaired) electrons. The Bertz CT molecular complexity index is 731. The quantitative estimate of drug-likeness (QED) is 0.887. The topological polar surface area (TPSA) is 91.9 Å². The number of hydrogen-bond acceptors (Lipinski definition) is 5. The van der Waals surface area contributed by atoms with Gasteiger partial charge in [0.1, 0.15) is 5.82 Å². The van der Waals surface area contributed by atoms with Crippen LogP contribution >= 0.6 is 11.3 Å². The zero-order valence-electron chi connectivity index (χ0n) is 9.72. The average molecular weight is 285 g/mol. The van der Waals surface area contributed by atoms with Gasteiger partial charge in [0.2, 0.25) is 0 Å². The van der Waals surface area contributed by atoms with Crippen LogP contribution in [0.3, 0.4) is 0 Å². The SMILES string of the molecule is Cc1cccnc1NS(=O)(=O)c1sc(=O)[nH]c1C. The molecule has 2 rings (SSSR count). The van der Waals surface area contributed by atoms with E-state index in [1.54, 1.807) is 19.1 Å². The summed E-state index contributed by atoms with van der Waals surface area (Å²) in [6.45, 7) is 3.29. The number of aromatic amines is 1. The average Bonchev–Trinajstić information content (AvgIpc) is 2.62. The van der Waals surface area contributed by atoms with Crippen LogP contribution in [0.1, 0.15) is 11.3 Å². The van der Waals surface area contributed by atoms with Crippen LogP contribution in [0.2, 0.25) is 0 Å². The number of nitrogens with zero attached hydrogens (tertiary/aromatic N) is 1. The maximum atomic E-state index is 12.1. The van der Waals surface area contributed by atoms with Gasteiger partial charge in [-0.3, -0.25) is 9.52 Å². The van der Waals surface area contributed by atoms with Gasteiger partial charge in [-0.05, 0) is 25.5 Å². The predicted molar refractivity (Wildman–Crippen MR) is 69.5 cm³/mol. The molecule has 2 aromatic heterocycles. The van der Waals surface area contributed by atoms with Crippen molar-refractivity contribution in [3.63, 3.8) is 0 Å². The van der Waals surface area contributed by atoms with Gasteiger partial charge in [-0.1, -0.05) is 17.4 Å². The minimum atomic E-state index is -3.77. The number of anilines is 1. The van der Waals surface area contributed by atoms with Crippen LogP contribution < -0.4 is 9.60 Å². The van der Waals surface area contributed by atoms with E-state index in [1.165, 1.54) is 13.1 Å². The van der Waals surface area contributed by atoms with E-state index in [9.17, 15) is 13.2 Å². The van der Waals surface area contributed by atoms with Crippen molar-refractivity contribution in [1.82, 2.24) is 9.97 Å². The molecule has 0 saturated carbocycles. The molecular weight excluding hydrogens is 274 g/mol. The van der Waals surface area contributed by atoms with Crippen LogP contribution in [-0.4, -0.2) is 18.4 Å². The van der Waals surface area contributed by atoms with Gasteiger partial charge in [-0.15, -0.1) is 0 Å². The normalized spacial score (nSPS) is 11.4. The van der Waals surface area contributed by atoms with Crippen molar-refractivity contribution in [2.24, 2.45) is 0 Å². The Kier molecular flexibility index (Phi) is 3.22. The van der Waals surface area contributed by atoms with Crippen molar-refractivity contribution < 1.29 is 8.42 Å². The zero-order chi connectivity index (χ0) is 13.3. The fraction of sp³-hybridized carbons (Fsp3) is 0.200. The van der Waals surface area contributed by atoms with Crippen LogP contribution in [0.25, 0.3) is 0 Å². The number of thiazole rings is 1. The molecule has 0 saturated heterocycles. The van der Waals surface area contributed by atoms with E-state index in [4.69, 9.17) is 0 Å². The van der Waals surface area contributed by atoms with E-state index < -0.39 is 14.9 Å². The number of nitrogens with one attached hydrogen (secondary N) is 2. The molecule has 0 unspecified atom stereocenters. The van der Waals surface area contributed by atoms with Gasteiger partial charge in [-0.25, -0.2) is 13.4 Å². The second-order valence-corrected chi connectivity index (χ2v) is 6.56. The van der Waals surface area contributed by atoms with E-state index in [0.29, 0.717) is 22.6 Å². The number of pyridine rings is 1. The van der Waals surface area contributed by atoms with E-state index in [2.05, 4.69) is 14.7 Å². The van der Waals surface area contributed by atoms with Crippen LogP contribution in [0.15, 0.2) is 27.3 Å². The molecule has 6 nitrogen and oxygen atoms in total. The van der Waals surface area contributed by atoms with Crippen molar-refractivity contribution in [2.45, 2.75) is 18.1 Å². The smallest absolute Gasteiger partial charge is 0.306 e. The monoisotopic (exact) mass is 285 g/mol. The summed E-state index contributed by atoms with van der Waals surface area (Å²) in [6.07, 6.45) is 1.50. The standard InChI is InChI=1S/C10H11N3O3S2/c1-6-4-3-5-11-8(6)13-18(15,16)9-7(2)12-10(14)17-9/h3-5H,1-2H3,(H,11,13)(H,12,14). The van der Waals surface area contributed by atoms with E-state index >= 15 is 0 Å². The number of aryl methyl sites for hydroxylation is 2. The van der Waals surface area contributed by atoms with Crippen molar-refractivity contribution in [2.75, 3.05) is 4.72 Å². The predicted octanol–water partition coefficient (Wildman–Crippen LogP) is 1.25. The van der Waals surface area contributed by atoms with Crippen molar-refractivity contribution >= 4 is 27.2 Å². The summed E-state index contributed by atoms with van der Waals surface area (Å²) < 4.78 is 26.5. The molecule has 2 aromatic rings. The molecule has 0 aliphatic heterocycles. The summed E-state index contributed by atoms with van der Waals surface area (Å²) in [4.78, 5) is 17.1. The van der Waals surface area contributed by atoms with Crippen LogP contribution in [-0.2, 0) is 10.0 Å². The molecule has 2 heterocycles. The van der Waals surface area contributed by atoms with Gasteiger partial charge in [-0.2, -0.15) is 0 Å². The van der Waals surface area contributed by atoms with E-state index in [0.717, 1.165) is 0 Å². The molecule has 0 amide bonds. The Morgan fingerprint density at radius 3 is 2.67 bits per heavy atom. The lowest BCUT2D eigenvalue weighted by Gasteiger charge is -2.07. The minimum Gasteiger partial charge on any atom is -0.315 e. The highest BCUT2D eigenvalue weighted by Gasteiger charge is 2.21. The molecule has 96 valence electrons. The lowest BCUT2D eigenvalue weighted by Crippen LogP contribution is -2.14. The number of sulfonamides is 1. The highest BCUT2D eigenvalue weighted by molar-refractivity contribution is 7.94. The number of H-pyrrole nitrogens is 1. The maximum absolute atomic E-state index is 12.1. The first-order valence-electron chi connectivity index (χ1n) is 5.04. The Morgan fingerprint density at radius 1 is 1.39 bits per heavy atom. The van der Waals surface area contributed by atoms with Crippen LogP contribution in [0.4, 0.5) is 5.82 Å². The lowest BCUT2D eigenvalue weighted by molar-refractivity contribution is 0.602. The number of hydrogen-bond donors (Lipinski definition) is 2. The van der Waals surface area contributed by atoms with E-state index in [1.807, 2.05) is 0 Å². The molecule has 0 fully saturated rings. The second kappa shape index (κ2) is 4.54. The lowest BCUT2D eigenvalue weighted by atomic mass is 10.3. The van der Waals surface area contributed by atoms with Gasteiger partial charge in [0.05, 0.1) is 0 Å². The maximum Gasteiger partial charge on any atom is 0.306 e. The van der Waals surface area contributed by atoms with Crippen molar-refractivity contribution in [3.05, 3.63) is 39.3 Å². The molecule has 0 atom stereocenters. The first-order chi connectivity index (χ1) is 8.40. The first kappa shape index (κ1) is 12.8. The summed E-state index contributed by atoms with van der Waals surface area (Å²) >= 11 is 0.657. The number of rotatable bonds is 3. The Balaban J connectivity index is 2.43. The Morgan fingerprint density at radius 2 is 2.11 bits per heavy atom. The van der Waals surface area contributed by atoms with Crippen LogP contribution in [0.5, 0.6) is 0 Å². The fourth-order valence-corrected chi connectivity index (χ4v) is 3.80. The largest absolute Gasteiger partial charge is 0.315 e. The third kappa shape index (κ3) is 2.44. The summed E-state index contributed by atoms with van der Waals surface area (Å²) in [5, 5.41) is 0. The van der Waals surface area contributed by atoms with Crippen LogP contribution in [0, 0.1) is 13.8 Å². The van der Waals surface area contributed by atoms with Gasteiger partial charge in [0.25, 0.3) is 10.0 Å². The minimum absolute atomic E-state index is 0.0162. The summed E-state index contributed by atoms with van der Waals surface area (Å²) in [7, 11) is -3.77. The van der Waals surface area contributed by atoms with E-state index in [-0.39, 0.29) is 10.0 Å². The number of aromatic nitrogens is 2. The first-order valence-corrected chi connectivity index (χ1v) is 7.34. The summed E-state index contributed by atoms with van der Waals surface area (Å²) in [6, 6.07) is 3.46. The van der Waals surface area contributed by atoms with Gasteiger partial charge in [0, 0.05) is 11.9 Å². The molecule has 0 aromatic carbocycles. The highest BCUT2D eigenvalue weighted by atomic mass is 32.2. The van der Waals surface area contributed by atoms with Crippen molar-refractivity contribution in [1.29, 1.82) is 0 Å². The molecule has 0 aliphatic carbocycles. The third-order valence-electron chi connectivity index (χ3n) is 2.27. The fourth-order valence-electron chi connectivity index (χ4n) is 1.41. The Labute approximate surface area is 108 Å². The van der Waals surface area contributed by atoms with Gasteiger partial charge >= 0.3 is 4.87 Å². The highest BCUT2D eigenvalue weighted by Crippen LogP contribution is 2.20. The van der Waals surface area contributed by atoms with Gasteiger partial charge in [0.15, 0.2) is 4.21 Å². The molecule has 18 heavy (non-hydrogen) atoms. The zero-order valence-corrected chi connectivity index (χ0v) is 11.4. The molecule has 0 bridgehead atoms. The molecule has 0 spiro atoms. The Hall–Kier alpha value is -1.67. The molecular formula is C10H11N3O3S2. The summed E-state index contributed by atoms with van der Waals surface area (Å²) in [5.41, 5.74) is 1.03. The van der Waals surface area contributed by atoms with Gasteiger partial charge < -0.3 is 4.98 Å².